The van der Waals surface area contributed by atoms with Crippen LogP contribution in [-0.2, 0) is 4.79 Å². The van der Waals surface area contributed by atoms with E-state index >= 15 is 0 Å². The number of hydrogen-bond acceptors (Lipinski definition) is 3. The predicted octanol–water partition coefficient (Wildman–Crippen LogP) is 3.25. The van der Waals surface area contributed by atoms with Crippen molar-refractivity contribution < 1.29 is 9.90 Å². The van der Waals surface area contributed by atoms with Gasteiger partial charge < -0.3 is 10.0 Å². The first kappa shape index (κ1) is 19.7. The van der Waals surface area contributed by atoms with Crippen LogP contribution in [0.15, 0.2) is 0 Å². The van der Waals surface area contributed by atoms with Gasteiger partial charge in [-0.2, -0.15) is 0 Å². The van der Waals surface area contributed by atoms with Gasteiger partial charge in [-0.3, -0.25) is 9.69 Å². The van der Waals surface area contributed by atoms with Crippen molar-refractivity contribution in [2.24, 2.45) is 5.92 Å². The van der Waals surface area contributed by atoms with Crippen LogP contribution in [-0.4, -0.2) is 60.1 Å². The van der Waals surface area contributed by atoms with Crippen molar-refractivity contribution in [2.75, 3.05) is 33.2 Å². The van der Waals surface area contributed by atoms with Gasteiger partial charge in [0.2, 0.25) is 0 Å². The molecule has 5 heteroatoms. The van der Waals surface area contributed by atoms with E-state index < -0.39 is 5.97 Å². The molecule has 2 fully saturated rings. The molecule has 0 aromatic heterocycles. The molecule has 1 atom stereocenters. The van der Waals surface area contributed by atoms with Crippen molar-refractivity contribution in [3.8, 4) is 0 Å². The van der Waals surface area contributed by atoms with E-state index in [1.165, 1.54) is 58.0 Å². The summed E-state index contributed by atoms with van der Waals surface area (Å²) in [4.78, 5) is 15.4. The zero-order valence-electron chi connectivity index (χ0n) is 14.0. The second-order valence-electron chi connectivity index (χ2n) is 7.03. The Hall–Kier alpha value is -0.320. The molecular formula is C17H33ClN2O2. The highest BCUT2D eigenvalue weighted by Crippen LogP contribution is 2.28. The molecule has 130 valence electrons. The summed E-state index contributed by atoms with van der Waals surface area (Å²) in [5.41, 5.74) is 0. The van der Waals surface area contributed by atoms with Crippen LogP contribution in [0.25, 0.3) is 0 Å². The lowest BCUT2D eigenvalue weighted by Crippen LogP contribution is -2.36. The van der Waals surface area contributed by atoms with Gasteiger partial charge in [0, 0.05) is 6.04 Å². The standard InChI is InChI=1S/C17H32N2O2.ClH/c1-18(14-17(20)21)16-9-5-12-19(13-10-16)11-4-8-15-6-2-3-7-15;/h15-16H,2-14H2,1H3,(H,20,21);1H. The minimum atomic E-state index is -0.713. The quantitative estimate of drug-likeness (QED) is 0.777. The van der Waals surface area contributed by atoms with Gasteiger partial charge in [-0.15, -0.1) is 12.4 Å². The number of rotatable bonds is 7. The van der Waals surface area contributed by atoms with Gasteiger partial charge in [-0.05, 0) is 64.7 Å². The summed E-state index contributed by atoms with van der Waals surface area (Å²) in [7, 11) is 1.95. The molecule has 0 bridgehead atoms. The maximum absolute atomic E-state index is 10.8. The number of likely N-dealkylation sites (tertiary alicyclic amines) is 1. The molecule has 1 aliphatic heterocycles. The zero-order valence-corrected chi connectivity index (χ0v) is 14.8. The topological polar surface area (TPSA) is 43.8 Å². The highest BCUT2D eigenvalue weighted by Gasteiger charge is 2.22. The maximum atomic E-state index is 10.8. The summed E-state index contributed by atoms with van der Waals surface area (Å²) in [6.07, 6.45) is 12.1. The molecule has 4 nitrogen and oxygen atoms in total. The van der Waals surface area contributed by atoms with Crippen molar-refractivity contribution >= 4 is 18.4 Å². The Labute approximate surface area is 141 Å². The van der Waals surface area contributed by atoms with Crippen molar-refractivity contribution in [3.05, 3.63) is 0 Å². The summed E-state index contributed by atoms with van der Waals surface area (Å²) >= 11 is 0. The van der Waals surface area contributed by atoms with Gasteiger partial charge in [0.15, 0.2) is 0 Å². The first-order chi connectivity index (χ1) is 10.1. The summed E-state index contributed by atoms with van der Waals surface area (Å²) < 4.78 is 0. The second-order valence-corrected chi connectivity index (χ2v) is 7.03. The fraction of sp³-hybridized carbons (Fsp3) is 0.941. The number of carbonyl (C=O) groups is 1. The van der Waals surface area contributed by atoms with Gasteiger partial charge in [-0.1, -0.05) is 25.7 Å². The SMILES string of the molecule is CN(CC(=O)O)C1CCCN(CCCC2CCCC2)CC1.Cl. The van der Waals surface area contributed by atoms with Crippen LogP contribution in [0.1, 0.15) is 57.8 Å². The number of carboxylic acid groups (broad SMARTS) is 1. The number of carboxylic acids is 1. The van der Waals surface area contributed by atoms with E-state index in [0.29, 0.717) is 6.04 Å². The number of hydrogen-bond donors (Lipinski definition) is 1. The minimum Gasteiger partial charge on any atom is -0.480 e. The molecule has 0 amide bonds. The highest BCUT2D eigenvalue weighted by molar-refractivity contribution is 5.85. The van der Waals surface area contributed by atoms with E-state index in [-0.39, 0.29) is 19.0 Å². The lowest BCUT2D eigenvalue weighted by Gasteiger charge is -2.25. The van der Waals surface area contributed by atoms with Crippen LogP contribution in [0.4, 0.5) is 0 Å². The van der Waals surface area contributed by atoms with Crippen LogP contribution < -0.4 is 0 Å². The molecule has 2 rings (SSSR count). The summed E-state index contributed by atoms with van der Waals surface area (Å²) in [6.45, 7) is 3.75. The molecule has 0 spiro atoms. The van der Waals surface area contributed by atoms with Gasteiger partial charge in [0.25, 0.3) is 0 Å². The Kier molecular flexibility index (Phi) is 9.37. The molecule has 0 aromatic rings. The molecule has 1 unspecified atom stereocenters. The minimum absolute atomic E-state index is 0. The Morgan fingerprint density at radius 3 is 2.55 bits per heavy atom. The predicted molar refractivity (Wildman–Crippen MR) is 92.8 cm³/mol. The van der Waals surface area contributed by atoms with Crippen molar-refractivity contribution in [3.63, 3.8) is 0 Å². The summed E-state index contributed by atoms with van der Waals surface area (Å²) in [5, 5.41) is 8.90. The maximum Gasteiger partial charge on any atom is 0.317 e. The van der Waals surface area contributed by atoms with Crippen LogP contribution in [0, 0.1) is 5.92 Å². The molecule has 1 heterocycles. The average Bonchev–Trinajstić information content (AvgIpc) is 2.82. The normalized spacial score (nSPS) is 24.2. The fourth-order valence-electron chi connectivity index (χ4n) is 4.05. The van der Waals surface area contributed by atoms with E-state index in [1.807, 2.05) is 11.9 Å². The van der Waals surface area contributed by atoms with E-state index in [4.69, 9.17) is 5.11 Å². The molecule has 0 aromatic carbocycles. The molecule has 1 N–H and O–H groups in total. The monoisotopic (exact) mass is 332 g/mol. The van der Waals surface area contributed by atoms with Crippen LogP contribution in [0.5, 0.6) is 0 Å². The second kappa shape index (κ2) is 10.5. The first-order valence-corrected chi connectivity index (χ1v) is 8.79. The zero-order chi connectivity index (χ0) is 15.1. The number of halogens is 1. The first-order valence-electron chi connectivity index (χ1n) is 8.79. The van der Waals surface area contributed by atoms with E-state index in [2.05, 4.69) is 4.90 Å². The lowest BCUT2D eigenvalue weighted by molar-refractivity contribution is -0.138. The average molecular weight is 333 g/mol. The molecule has 22 heavy (non-hydrogen) atoms. The number of aliphatic carboxylic acids is 1. The third-order valence-electron chi connectivity index (χ3n) is 5.36. The van der Waals surface area contributed by atoms with Crippen LogP contribution in [0.3, 0.4) is 0 Å². The number of likely N-dealkylation sites (N-methyl/N-ethyl adjacent to an activating group) is 1. The molecule has 1 saturated heterocycles. The Morgan fingerprint density at radius 1 is 1.14 bits per heavy atom. The molecule has 1 saturated carbocycles. The molecule has 0 radical (unpaired) electrons. The highest BCUT2D eigenvalue weighted by atomic mass is 35.5. The third kappa shape index (κ3) is 6.84. The Morgan fingerprint density at radius 2 is 1.86 bits per heavy atom. The van der Waals surface area contributed by atoms with Crippen LogP contribution in [0.2, 0.25) is 0 Å². The molecule has 2 aliphatic rings. The Balaban J connectivity index is 0.00000242. The van der Waals surface area contributed by atoms with Crippen LogP contribution >= 0.6 is 12.4 Å². The Bertz CT molecular complexity index is 322. The summed E-state index contributed by atoms with van der Waals surface area (Å²) in [5.74, 6) is 0.293. The van der Waals surface area contributed by atoms with Gasteiger partial charge in [0.1, 0.15) is 0 Å². The van der Waals surface area contributed by atoms with E-state index in [9.17, 15) is 4.79 Å². The van der Waals surface area contributed by atoms with Gasteiger partial charge >= 0.3 is 5.97 Å². The van der Waals surface area contributed by atoms with Crippen molar-refractivity contribution in [1.82, 2.24) is 9.80 Å². The number of nitrogens with zero attached hydrogens (tertiary/aromatic N) is 2. The van der Waals surface area contributed by atoms with Gasteiger partial charge in [-0.25, -0.2) is 0 Å². The third-order valence-corrected chi connectivity index (χ3v) is 5.36. The van der Waals surface area contributed by atoms with Crippen molar-refractivity contribution in [2.45, 2.75) is 63.8 Å². The fourth-order valence-corrected chi connectivity index (χ4v) is 4.05. The lowest BCUT2D eigenvalue weighted by atomic mass is 10.0. The largest absolute Gasteiger partial charge is 0.480 e. The van der Waals surface area contributed by atoms with E-state index in [0.717, 1.165) is 25.3 Å². The van der Waals surface area contributed by atoms with Crippen molar-refractivity contribution in [1.29, 1.82) is 0 Å². The van der Waals surface area contributed by atoms with E-state index in [1.54, 1.807) is 0 Å². The molecular weight excluding hydrogens is 300 g/mol. The molecule has 1 aliphatic carbocycles. The summed E-state index contributed by atoms with van der Waals surface area (Å²) in [6, 6.07) is 0.445. The van der Waals surface area contributed by atoms with Gasteiger partial charge in [0.05, 0.1) is 6.54 Å². The smallest absolute Gasteiger partial charge is 0.317 e.